The van der Waals surface area contributed by atoms with Crippen LogP contribution in [0.2, 0.25) is 0 Å². The number of amides is 2. The van der Waals surface area contributed by atoms with Crippen molar-refractivity contribution in [1.82, 2.24) is 20.4 Å². The van der Waals surface area contributed by atoms with Crippen LogP contribution in [0.4, 0.5) is 0 Å². The fraction of sp³-hybridized carbons (Fsp3) is 0.0370. The van der Waals surface area contributed by atoms with E-state index in [0.717, 1.165) is 4.57 Å². The van der Waals surface area contributed by atoms with Gasteiger partial charge in [0.05, 0.1) is 16.6 Å². The van der Waals surface area contributed by atoms with Gasteiger partial charge >= 0.3 is 11.6 Å². The molecule has 0 aliphatic carbocycles. The molecule has 0 atom stereocenters. The molecule has 2 aromatic heterocycles. The molecule has 0 saturated heterocycles. The van der Waals surface area contributed by atoms with Gasteiger partial charge in [0.15, 0.2) is 5.76 Å². The summed E-state index contributed by atoms with van der Waals surface area (Å²) in [6.07, 6.45) is 0. The number of hydrogen-bond donors (Lipinski definition) is 3. The van der Waals surface area contributed by atoms with Crippen LogP contribution in [0.15, 0.2) is 105 Å². The van der Waals surface area contributed by atoms with E-state index in [0.29, 0.717) is 17.2 Å². The van der Waals surface area contributed by atoms with Gasteiger partial charge in [-0.05, 0) is 54.6 Å². The van der Waals surface area contributed by atoms with Gasteiger partial charge < -0.3 is 14.1 Å². The number of para-hydroxylation sites is 2. The van der Waals surface area contributed by atoms with Gasteiger partial charge in [0, 0.05) is 5.56 Å². The third-order valence-electron chi connectivity index (χ3n) is 5.47. The first-order chi connectivity index (χ1) is 18.0. The Morgan fingerprint density at radius 2 is 1.54 bits per heavy atom. The van der Waals surface area contributed by atoms with Gasteiger partial charge in [-0.25, -0.2) is 9.36 Å². The molecule has 5 rings (SSSR count). The first kappa shape index (κ1) is 23.4. The quantitative estimate of drug-likeness (QED) is 0.309. The molecule has 2 heterocycles. The summed E-state index contributed by atoms with van der Waals surface area (Å²) in [7, 11) is 0. The maximum Gasteiger partial charge on any atom is 0.333 e. The highest BCUT2D eigenvalue weighted by Crippen LogP contribution is 2.14. The molecule has 0 fully saturated rings. The minimum absolute atomic E-state index is 0.0173. The second kappa shape index (κ2) is 10.1. The maximum atomic E-state index is 12.9. The number of hydrazine groups is 1. The van der Waals surface area contributed by atoms with Crippen molar-refractivity contribution in [3.05, 3.63) is 129 Å². The van der Waals surface area contributed by atoms with Crippen LogP contribution in [0, 0.1) is 0 Å². The number of benzene rings is 3. The van der Waals surface area contributed by atoms with Gasteiger partial charge in [-0.2, -0.15) is 0 Å². The summed E-state index contributed by atoms with van der Waals surface area (Å²) in [6.45, 7) is 0.130. The minimum atomic E-state index is -0.667. The first-order valence-electron chi connectivity index (χ1n) is 11.2. The topological polar surface area (TPSA) is 135 Å². The molecule has 0 aliphatic heterocycles. The number of aromatic nitrogens is 2. The number of furan rings is 1. The van der Waals surface area contributed by atoms with E-state index >= 15 is 0 Å². The number of hydrogen-bond acceptors (Lipinski definition) is 6. The van der Waals surface area contributed by atoms with Crippen LogP contribution >= 0.6 is 0 Å². The Morgan fingerprint density at radius 1 is 0.838 bits per heavy atom. The number of nitrogens with zero attached hydrogens (tertiary/aromatic N) is 1. The molecule has 0 bridgehead atoms. The van der Waals surface area contributed by atoms with E-state index in [1.807, 2.05) is 18.2 Å². The normalized spacial score (nSPS) is 10.7. The van der Waals surface area contributed by atoms with Crippen LogP contribution in [0.3, 0.4) is 0 Å². The van der Waals surface area contributed by atoms with Crippen molar-refractivity contribution in [3.63, 3.8) is 0 Å². The van der Waals surface area contributed by atoms with E-state index in [1.165, 1.54) is 24.3 Å². The highest BCUT2D eigenvalue weighted by atomic mass is 16.5. The van der Waals surface area contributed by atoms with Crippen LogP contribution in [0.5, 0.6) is 5.75 Å². The fourth-order valence-electron chi connectivity index (χ4n) is 3.67. The first-order valence-corrected chi connectivity index (χ1v) is 11.2. The zero-order valence-corrected chi connectivity index (χ0v) is 19.3. The Hall–Kier alpha value is -5.38. The second-order valence-corrected chi connectivity index (χ2v) is 7.94. The highest BCUT2D eigenvalue weighted by Gasteiger charge is 2.15. The Bertz CT molecular complexity index is 1700. The van der Waals surface area contributed by atoms with Crippen molar-refractivity contribution in [2.75, 3.05) is 0 Å². The Morgan fingerprint density at radius 3 is 2.30 bits per heavy atom. The van der Waals surface area contributed by atoms with Gasteiger partial charge in [-0.3, -0.25) is 25.2 Å². The molecule has 37 heavy (non-hydrogen) atoms. The van der Waals surface area contributed by atoms with E-state index in [9.17, 15) is 19.2 Å². The lowest BCUT2D eigenvalue weighted by molar-refractivity contribution is 0.0828. The molecule has 5 aromatic rings. The zero-order valence-electron chi connectivity index (χ0n) is 19.3. The van der Waals surface area contributed by atoms with Gasteiger partial charge in [0.1, 0.15) is 18.1 Å². The van der Waals surface area contributed by atoms with Crippen molar-refractivity contribution in [1.29, 1.82) is 0 Å². The molecule has 10 nitrogen and oxygen atoms in total. The SMILES string of the molecule is O=C(NNC(=O)c1ccc(COc2ccccc2)o1)c1ccc2c(=O)n(-c3ccccc3)c(=O)[nH]c2c1. The number of carbonyl (C=O) groups excluding carboxylic acids is 2. The molecular formula is C27H20N4O6. The lowest BCUT2D eigenvalue weighted by atomic mass is 10.1. The number of H-pyrrole nitrogens is 1. The van der Waals surface area contributed by atoms with E-state index in [4.69, 9.17) is 9.15 Å². The van der Waals surface area contributed by atoms with Crippen molar-refractivity contribution in [3.8, 4) is 11.4 Å². The predicted octanol–water partition coefficient (Wildman–Crippen LogP) is 2.93. The number of ether oxygens (including phenoxy) is 1. The monoisotopic (exact) mass is 496 g/mol. The Kier molecular flexibility index (Phi) is 6.37. The average molecular weight is 496 g/mol. The summed E-state index contributed by atoms with van der Waals surface area (Å²) in [5.41, 5.74) is 4.14. The van der Waals surface area contributed by atoms with Crippen LogP contribution in [0.1, 0.15) is 26.7 Å². The summed E-state index contributed by atoms with van der Waals surface area (Å²) in [5.74, 6) is -0.245. The standard InChI is InChI=1S/C27H20N4O6/c32-24(29-30-25(33)23-14-12-20(37-23)16-36-19-9-5-2-6-10-19)17-11-13-21-22(15-17)28-27(35)31(26(21)34)18-7-3-1-4-8-18/h1-15H,16H2,(H,28,35)(H,29,32)(H,30,33). The summed E-state index contributed by atoms with van der Waals surface area (Å²) in [4.78, 5) is 53.1. The summed E-state index contributed by atoms with van der Waals surface area (Å²) in [5, 5.41) is 0.227. The van der Waals surface area contributed by atoms with Crippen LogP contribution in [-0.2, 0) is 6.61 Å². The number of aromatic amines is 1. The average Bonchev–Trinajstić information content (AvgIpc) is 3.40. The van der Waals surface area contributed by atoms with Crippen molar-refractivity contribution < 1.29 is 18.7 Å². The molecule has 0 aliphatic rings. The Labute approximate surface area is 209 Å². The van der Waals surface area contributed by atoms with E-state index < -0.39 is 23.1 Å². The molecular weight excluding hydrogens is 476 g/mol. The number of carbonyl (C=O) groups is 2. The van der Waals surface area contributed by atoms with Crippen molar-refractivity contribution in [2.45, 2.75) is 6.61 Å². The fourth-order valence-corrected chi connectivity index (χ4v) is 3.67. The molecule has 0 unspecified atom stereocenters. The van der Waals surface area contributed by atoms with Crippen LogP contribution < -0.4 is 26.8 Å². The van der Waals surface area contributed by atoms with E-state index in [1.54, 1.807) is 48.5 Å². The van der Waals surface area contributed by atoms with Crippen molar-refractivity contribution in [2.24, 2.45) is 0 Å². The van der Waals surface area contributed by atoms with E-state index in [-0.39, 0.29) is 28.8 Å². The number of fused-ring (bicyclic) bond motifs is 1. The minimum Gasteiger partial charge on any atom is -0.486 e. The molecule has 3 aromatic carbocycles. The smallest absolute Gasteiger partial charge is 0.333 e. The molecule has 184 valence electrons. The summed E-state index contributed by atoms with van der Waals surface area (Å²) < 4.78 is 12.1. The predicted molar refractivity (Wildman–Crippen MR) is 135 cm³/mol. The molecule has 10 heteroatoms. The van der Waals surface area contributed by atoms with Crippen molar-refractivity contribution >= 4 is 22.7 Å². The zero-order chi connectivity index (χ0) is 25.8. The molecule has 0 saturated carbocycles. The molecule has 0 radical (unpaired) electrons. The molecule has 3 N–H and O–H groups in total. The third kappa shape index (κ3) is 5.03. The summed E-state index contributed by atoms with van der Waals surface area (Å²) >= 11 is 0. The molecule has 0 spiro atoms. The van der Waals surface area contributed by atoms with E-state index in [2.05, 4.69) is 15.8 Å². The van der Waals surface area contributed by atoms with Gasteiger partial charge in [-0.15, -0.1) is 0 Å². The van der Waals surface area contributed by atoms with Crippen LogP contribution in [-0.4, -0.2) is 21.4 Å². The second-order valence-electron chi connectivity index (χ2n) is 7.94. The van der Waals surface area contributed by atoms with Gasteiger partial charge in [0.2, 0.25) is 0 Å². The lowest BCUT2D eigenvalue weighted by Crippen LogP contribution is -2.41. The highest BCUT2D eigenvalue weighted by molar-refractivity contribution is 6.00. The van der Waals surface area contributed by atoms with Gasteiger partial charge in [-0.1, -0.05) is 36.4 Å². The van der Waals surface area contributed by atoms with Gasteiger partial charge in [0.25, 0.3) is 11.5 Å². The number of rotatable bonds is 6. The largest absolute Gasteiger partial charge is 0.486 e. The van der Waals surface area contributed by atoms with Crippen LogP contribution in [0.25, 0.3) is 16.6 Å². The lowest BCUT2D eigenvalue weighted by Gasteiger charge is -2.09. The Balaban J connectivity index is 1.25. The number of nitrogens with one attached hydrogen (secondary N) is 3. The maximum absolute atomic E-state index is 12.9. The summed E-state index contributed by atoms with van der Waals surface area (Å²) in [6, 6.07) is 24.9. The molecule has 2 amide bonds. The third-order valence-corrected chi connectivity index (χ3v) is 5.47.